The van der Waals surface area contributed by atoms with Gasteiger partial charge in [0, 0.05) is 16.6 Å². The van der Waals surface area contributed by atoms with Crippen LogP contribution in [-0.2, 0) is 15.6 Å². The SMILES string of the molecule is CCC1CCC(C#N)(NC(=O)C(CS(=O)CC)Nc2nc(=O)oc3ocnc23)C1. The minimum absolute atomic E-state index is 0.00196. The molecule has 156 valence electrons. The van der Waals surface area contributed by atoms with Crippen LogP contribution < -0.4 is 16.4 Å². The number of anilines is 1. The molecular formula is C18H23N5O5S. The molecule has 10 nitrogen and oxygen atoms in total. The van der Waals surface area contributed by atoms with E-state index in [0.29, 0.717) is 24.5 Å². The first kappa shape index (κ1) is 21.0. The molecule has 11 heteroatoms. The predicted molar refractivity (Wildman–Crippen MR) is 105 cm³/mol. The molecule has 0 aliphatic heterocycles. The molecule has 0 spiro atoms. The van der Waals surface area contributed by atoms with Gasteiger partial charge in [0.15, 0.2) is 17.7 Å². The molecule has 2 aromatic heterocycles. The summed E-state index contributed by atoms with van der Waals surface area (Å²) in [4.78, 5) is 32.4. The fraction of sp³-hybridized carbons (Fsp3) is 0.611. The number of carbonyl (C=O) groups is 1. The number of fused-ring (bicyclic) bond motifs is 1. The maximum absolute atomic E-state index is 13.0. The Morgan fingerprint density at radius 2 is 2.31 bits per heavy atom. The Kier molecular flexibility index (Phi) is 6.32. The molecule has 4 unspecified atom stereocenters. The first-order valence-electron chi connectivity index (χ1n) is 9.48. The van der Waals surface area contributed by atoms with E-state index in [0.717, 1.165) is 19.2 Å². The largest absolute Gasteiger partial charge is 0.443 e. The summed E-state index contributed by atoms with van der Waals surface area (Å²) in [5, 5.41) is 15.4. The van der Waals surface area contributed by atoms with Crippen molar-refractivity contribution in [2.24, 2.45) is 5.92 Å². The van der Waals surface area contributed by atoms with Crippen molar-refractivity contribution >= 4 is 33.8 Å². The summed E-state index contributed by atoms with van der Waals surface area (Å²) in [6, 6.07) is 1.27. The van der Waals surface area contributed by atoms with Gasteiger partial charge in [-0.2, -0.15) is 10.2 Å². The monoisotopic (exact) mass is 421 g/mol. The number of amides is 1. The van der Waals surface area contributed by atoms with E-state index in [2.05, 4.69) is 33.6 Å². The summed E-state index contributed by atoms with van der Waals surface area (Å²) in [6.07, 6.45) is 4.04. The smallest absolute Gasteiger partial charge is 0.412 e. The lowest BCUT2D eigenvalue weighted by atomic mass is 9.96. The number of nitrogens with one attached hydrogen (secondary N) is 2. The lowest BCUT2D eigenvalue weighted by molar-refractivity contribution is -0.122. The Morgan fingerprint density at radius 1 is 1.52 bits per heavy atom. The van der Waals surface area contributed by atoms with E-state index in [-0.39, 0.29) is 22.9 Å². The number of hydrogen-bond donors (Lipinski definition) is 2. The number of carbonyl (C=O) groups excluding carboxylic acids is 1. The second-order valence-corrected chi connectivity index (χ2v) is 8.90. The average molecular weight is 421 g/mol. The van der Waals surface area contributed by atoms with Gasteiger partial charge < -0.3 is 19.5 Å². The van der Waals surface area contributed by atoms with Gasteiger partial charge in [0.05, 0.1) is 11.8 Å². The zero-order chi connectivity index (χ0) is 21.0. The molecule has 0 bridgehead atoms. The van der Waals surface area contributed by atoms with E-state index in [9.17, 15) is 19.1 Å². The van der Waals surface area contributed by atoms with Crippen LogP contribution in [0.2, 0.25) is 0 Å². The molecule has 3 rings (SSSR count). The summed E-state index contributed by atoms with van der Waals surface area (Å²) in [7, 11) is -1.29. The number of aromatic nitrogens is 2. The van der Waals surface area contributed by atoms with Gasteiger partial charge in [-0.3, -0.25) is 9.00 Å². The second-order valence-electron chi connectivity index (χ2n) is 7.11. The van der Waals surface area contributed by atoms with Crippen LogP contribution in [0.25, 0.3) is 11.3 Å². The maximum atomic E-state index is 13.0. The third kappa shape index (κ3) is 4.64. The summed E-state index contributed by atoms with van der Waals surface area (Å²) in [6.45, 7) is 3.81. The number of rotatable bonds is 8. The van der Waals surface area contributed by atoms with Crippen molar-refractivity contribution < 1.29 is 17.8 Å². The zero-order valence-corrected chi connectivity index (χ0v) is 17.1. The minimum atomic E-state index is -1.29. The molecule has 0 saturated heterocycles. The Morgan fingerprint density at radius 3 is 2.97 bits per heavy atom. The van der Waals surface area contributed by atoms with Crippen molar-refractivity contribution in [3.8, 4) is 6.07 Å². The van der Waals surface area contributed by atoms with Crippen LogP contribution in [0.3, 0.4) is 0 Å². The van der Waals surface area contributed by atoms with Crippen molar-refractivity contribution in [1.82, 2.24) is 15.3 Å². The molecule has 29 heavy (non-hydrogen) atoms. The molecule has 0 aromatic carbocycles. The molecule has 2 N–H and O–H groups in total. The quantitative estimate of drug-likeness (QED) is 0.642. The lowest BCUT2D eigenvalue weighted by Crippen LogP contribution is -2.53. The van der Waals surface area contributed by atoms with Gasteiger partial charge in [-0.15, -0.1) is 0 Å². The van der Waals surface area contributed by atoms with E-state index >= 15 is 0 Å². The van der Waals surface area contributed by atoms with Gasteiger partial charge >= 0.3 is 11.5 Å². The summed E-state index contributed by atoms with van der Waals surface area (Å²) in [5.74, 6) is -0.792. The Hall–Kier alpha value is -2.74. The lowest BCUT2D eigenvalue weighted by Gasteiger charge is -2.26. The van der Waals surface area contributed by atoms with Crippen LogP contribution in [0.1, 0.15) is 39.5 Å². The van der Waals surface area contributed by atoms with Crippen LogP contribution in [0, 0.1) is 17.2 Å². The molecular weight excluding hydrogens is 398 g/mol. The van der Waals surface area contributed by atoms with Crippen LogP contribution in [-0.4, -0.2) is 43.2 Å². The van der Waals surface area contributed by atoms with E-state index in [1.54, 1.807) is 6.92 Å². The Bertz CT molecular complexity index is 1010. The predicted octanol–water partition coefficient (Wildman–Crippen LogP) is 1.31. The number of nitriles is 1. The zero-order valence-electron chi connectivity index (χ0n) is 16.3. The minimum Gasteiger partial charge on any atom is -0.412 e. The van der Waals surface area contributed by atoms with Crippen molar-refractivity contribution in [2.45, 2.75) is 51.1 Å². The molecule has 1 aliphatic rings. The van der Waals surface area contributed by atoms with E-state index in [4.69, 9.17) is 8.83 Å². The fourth-order valence-corrected chi connectivity index (χ4v) is 4.37. The number of hydrogen-bond acceptors (Lipinski definition) is 9. The molecule has 2 aromatic rings. The van der Waals surface area contributed by atoms with Gasteiger partial charge in [-0.25, -0.2) is 9.78 Å². The van der Waals surface area contributed by atoms with Gasteiger partial charge in [-0.1, -0.05) is 20.3 Å². The molecule has 1 saturated carbocycles. The van der Waals surface area contributed by atoms with Crippen LogP contribution in [0.5, 0.6) is 0 Å². The summed E-state index contributed by atoms with van der Waals surface area (Å²) >= 11 is 0. The normalized spacial score (nSPS) is 23.4. The summed E-state index contributed by atoms with van der Waals surface area (Å²) in [5.41, 5.74) is -0.802. The van der Waals surface area contributed by atoms with E-state index < -0.39 is 34.0 Å². The van der Waals surface area contributed by atoms with Crippen molar-refractivity contribution in [3.05, 3.63) is 16.9 Å². The standard InChI is InChI=1S/C18H23N5O5S/c1-3-11-5-6-18(7-11,9-19)23-15(24)12(8-29(26)4-2)21-14-13-16(27-10-20-13)28-17(25)22-14/h10-12H,3-8H2,1-2H3,(H,23,24)(H,21,22,25). The van der Waals surface area contributed by atoms with Gasteiger partial charge in [0.2, 0.25) is 5.91 Å². The first-order chi connectivity index (χ1) is 13.9. The van der Waals surface area contributed by atoms with Gasteiger partial charge in [0.25, 0.3) is 0 Å². The Balaban J connectivity index is 1.86. The first-order valence-corrected chi connectivity index (χ1v) is 11.0. The van der Waals surface area contributed by atoms with Crippen molar-refractivity contribution in [1.29, 1.82) is 5.26 Å². The van der Waals surface area contributed by atoms with Crippen LogP contribution in [0.15, 0.2) is 20.0 Å². The Labute approximate surface area is 169 Å². The molecule has 1 aliphatic carbocycles. The number of nitrogens with zero attached hydrogens (tertiary/aromatic N) is 3. The van der Waals surface area contributed by atoms with Gasteiger partial charge in [-0.05, 0) is 25.2 Å². The molecule has 2 heterocycles. The van der Waals surface area contributed by atoms with Crippen LogP contribution >= 0.6 is 0 Å². The molecule has 0 radical (unpaired) electrons. The topological polar surface area (TPSA) is 151 Å². The third-order valence-electron chi connectivity index (χ3n) is 5.21. The highest BCUT2D eigenvalue weighted by Gasteiger charge is 2.41. The average Bonchev–Trinajstić information content (AvgIpc) is 3.34. The second kappa shape index (κ2) is 8.73. The highest BCUT2D eigenvalue weighted by atomic mass is 32.2. The van der Waals surface area contributed by atoms with Gasteiger partial charge in [0.1, 0.15) is 11.6 Å². The third-order valence-corrected chi connectivity index (χ3v) is 6.56. The van der Waals surface area contributed by atoms with Crippen molar-refractivity contribution in [2.75, 3.05) is 16.8 Å². The maximum Gasteiger partial charge on any atom is 0.443 e. The van der Waals surface area contributed by atoms with E-state index in [1.807, 2.05) is 0 Å². The number of oxazole rings is 1. The summed E-state index contributed by atoms with van der Waals surface area (Å²) < 4.78 is 22.0. The molecule has 1 amide bonds. The van der Waals surface area contributed by atoms with E-state index in [1.165, 1.54) is 0 Å². The highest BCUT2D eigenvalue weighted by Crippen LogP contribution is 2.36. The molecule has 1 fully saturated rings. The fourth-order valence-electron chi connectivity index (χ4n) is 3.53. The van der Waals surface area contributed by atoms with Crippen LogP contribution in [0.4, 0.5) is 5.82 Å². The highest BCUT2D eigenvalue weighted by molar-refractivity contribution is 7.85. The van der Waals surface area contributed by atoms with Crippen molar-refractivity contribution in [3.63, 3.8) is 0 Å². The molecule has 4 atom stereocenters.